The van der Waals surface area contributed by atoms with Gasteiger partial charge in [-0.2, -0.15) is 0 Å². The molecule has 0 aromatic heterocycles. The molecule has 0 amide bonds. The number of hydrogen-bond acceptors (Lipinski definition) is 2. The Morgan fingerprint density at radius 3 is 2.60 bits per heavy atom. The second-order valence-electron chi connectivity index (χ2n) is 3.97. The van der Waals surface area contributed by atoms with Crippen LogP contribution in [0.2, 0.25) is 0 Å². The van der Waals surface area contributed by atoms with Gasteiger partial charge in [0.15, 0.2) is 0 Å². The molecular formula is C14H9BrF2O3. The minimum atomic E-state index is -1.14. The van der Waals surface area contributed by atoms with E-state index in [2.05, 4.69) is 15.9 Å². The number of rotatable bonds is 4. The number of carboxylic acid groups (broad SMARTS) is 1. The molecule has 0 heterocycles. The van der Waals surface area contributed by atoms with Crippen LogP contribution >= 0.6 is 15.9 Å². The molecule has 0 spiro atoms. The van der Waals surface area contributed by atoms with Crippen molar-refractivity contribution in [1.82, 2.24) is 0 Å². The van der Waals surface area contributed by atoms with Crippen LogP contribution in [0, 0.1) is 11.6 Å². The van der Waals surface area contributed by atoms with Crippen LogP contribution < -0.4 is 4.74 Å². The summed E-state index contributed by atoms with van der Waals surface area (Å²) in [5, 5.41) is 8.85. The van der Waals surface area contributed by atoms with E-state index in [1.54, 1.807) is 0 Å². The predicted octanol–water partition coefficient (Wildman–Crippen LogP) is 4.00. The second-order valence-corrected chi connectivity index (χ2v) is 4.83. The maximum Gasteiger partial charge on any atom is 0.335 e. The van der Waals surface area contributed by atoms with Crippen LogP contribution in [0.5, 0.6) is 5.75 Å². The van der Waals surface area contributed by atoms with E-state index in [1.807, 2.05) is 0 Å². The molecule has 0 aliphatic carbocycles. The van der Waals surface area contributed by atoms with Crippen LogP contribution in [0.3, 0.4) is 0 Å². The Balaban J connectivity index is 2.18. The van der Waals surface area contributed by atoms with Gasteiger partial charge in [0.1, 0.15) is 24.0 Å². The molecule has 0 unspecified atom stereocenters. The van der Waals surface area contributed by atoms with E-state index in [1.165, 1.54) is 30.3 Å². The molecule has 0 atom stereocenters. The normalized spacial score (nSPS) is 10.3. The Hall–Kier alpha value is -1.95. The first kappa shape index (κ1) is 14.5. The Kier molecular flexibility index (Phi) is 4.34. The zero-order valence-electron chi connectivity index (χ0n) is 10.1. The van der Waals surface area contributed by atoms with E-state index < -0.39 is 17.6 Å². The summed E-state index contributed by atoms with van der Waals surface area (Å²) in [6.07, 6.45) is 0. The SMILES string of the molecule is O=C(O)c1ccc(F)c(COc2ccc(F)cc2Br)c1. The van der Waals surface area contributed by atoms with E-state index in [0.29, 0.717) is 10.2 Å². The van der Waals surface area contributed by atoms with Gasteiger partial charge in [-0.25, -0.2) is 13.6 Å². The maximum absolute atomic E-state index is 13.6. The molecule has 3 nitrogen and oxygen atoms in total. The van der Waals surface area contributed by atoms with E-state index in [4.69, 9.17) is 9.84 Å². The summed E-state index contributed by atoms with van der Waals surface area (Å²) in [5.74, 6) is -1.79. The first-order valence-electron chi connectivity index (χ1n) is 5.57. The predicted molar refractivity (Wildman–Crippen MR) is 71.8 cm³/mol. The number of benzene rings is 2. The summed E-state index contributed by atoms with van der Waals surface area (Å²) in [4.78, 5) is 10.8. The molecule has 0 radical (unpaired) electrons. The van der Waals surface area contributed by atoms with Crippen molar-refractivity contribution in [3.05, 3.63) is 63.6 Å². The summed E-state index contributed by atoms with van der Waals surface area (Å²) >= 11 is 3.12. The van der Waals surface area contributed by atoms with Crippen molar-refractivity contribution in [2.24, 2.45) is 0 Å². The molecule has 2 rings (SSSR count). The van der Waals surface area contributed by atoms with Gasteiger partial charge in [-0.05, 0) is 52.3 Å². The van der Waals surface area contributed by atoms with Crippen LogP contribution in [0.25, 0.3) is 0 Å². The second kappa shape index (κ2) is 6.00. The van der Waals surface area contributed by atoms with Crippen LogP contribution in [0.15, 0.2) is 40.9 Å². The van der Waals surface area contributed by atoms with Crippen molar-refractivity contribution in [2.45, 2.75) is 6.61 Å². The lowest BCUT2D eigenvalue weighted by atomic mass is 10.1. The average Bonchev–Trinajstić information content (AvgIpc) is 2.39. The van der Waals surface area contributed by atoms with Crippen molar-refractivity contribution in [1.29, 1.82) is 0 Å². The Morgan fingerprint density at radius 1 is 1.20 bits per heavy atom. The van der Waals surface area contributed by atoms with Crippen LogP contribution in [-0.4, -0.2) is 11.1 Å². The number of ether oxygens (including phenoxy) is 1. The minimum absolute atomic E-state index is 0.0248. The fourth-order valence-electron chi connectivity index (χ4n) is 1.57. The van der Waals surface area contributed by atoms with Crippen molar-refractivity contribution >= 4 is 21.9 Å². The number of halogens is 3. The highest BCUT2D eigenvalue weighted by atomic mass is 79.9. The fraction of sp³-hybridized carbons (Fsp3) is 0.0714. The van der Waals surface area contributed by atoms with Crippen LogP contribution in [0.4, 0.5) is 8.78 Å². The number of hydrogen-bond donors (Lipinski definition) is 1. The highest BCUT2D eigenvalue weighted by molar-refractivity contribution is 9.10. The Morgan fingerprint density at radius 2 is 1.95 bits per heavy atom. The van der Waals surface area contributed by atoms with E-state index >= 15 is 0 Å². The lowest BCUT2D eigenvalue weighted by Gasteiger charge is -2.09. The molecule has 6 heteroatoms. The van der Waals surface area contributed by atoms with Crippen molar-refractivity contribution in [2.75, 3.05) is 0 Å². The Labute approximate surface area is 121 Å². The van der Waals surface area contributed by atoms with E-state index in [9.17, 15) is 13.6 Å². The molecule has 0 saturated heterocycles. The van der Waals surface area contributed by atoms with Gasteiger partial charge in [-0.3, -0.25) is 0 Å². The summed E-state index contributed by atoms with van der Waals surface area (Å²) in [7, 11) is 0. The molecule has 0 fully saturated rings. The largest absolute Gasteiger partial charge is 0.488 e. The molecule has 0 saturated carbocycles. The number of aromatic carboxylic acids is 1. The standard InChI is InChI=1S/C14H9BrF2O3/c15-11-6-10(16)2-4-13(11)20-7-9-5-8(14(18)19)1-3-12(9)17/h1-6H,7H2,(H,18,19). The molecule has 0 aliphatic rings. The first-order valence-corrected chi connectivity index (χ1v) is 6.36. The van der Waals surface area contributed by atoms with Crippen molar-refractivity contribution in [3.63, 3.8) is 0 Å². The summed E-state index contributed by atoms with van der Waals surface area (Å²) in [6, 6.07) is 7.29. The molecule has 1 N–H and O–H groups in total. The van der Waals surface area contributed by atoms with Gasteiger partial charge in [-0.15, -0.1) is 0 Å². The average molecular weight is 343 g/mol. The monoisotopic (exact) mass is 342 g/mol. The zero-order valence-corrected chi connectivity index (χ0v) is 11.7. The lowest BCUT2D eigenvalue weighted by molar-refractivity contribution is 0.0696. The third-order valence-corrected chi connectivity index (χ3v) is 3.19. The quantitative estimate of drug-likeness (QED) is 0.913. The minimum Gasteiger partial charge on any atom is -0.488 e. The highest BCUT2D eigenvalue weighted by Gasteiger charge is 2.10. The zero-order chi connectivity index (χ0) is 14.7. The van der Waals surface area contributed by atoms with Gasteiger partial charge >= 0.3 is 5.97 Å². The van der Waals surface area contributed by atoms with Crippen LogP contribution in [-0.2, 0) is 6.61 Å². The van der Waals surface area contributed by atoms with E-state index in [0.717, 1.165) is 6.07 Å². The lowest BCUT2D eigenvalue weighted by Crippen LogP contribution is -2.03. The molecule has 0 aliphatic heterocycles. The number of carbonyl (C=O) groups is 1. The topological polar surface area (TPSA) is 46.5 Å². The fourth-order valence-corrected chi connectivity index (χ4v) is 2.03. The molecule has 2 aromatic carbocycles. The van der Waals surface area contributed by atoms with Gasteiger partial charge in [0, 0.05) is 5.56 Å². The molecule has 104 valence electrons. The molecule has 0 bridgehead atoms. The molecular weight excluding hydrogens is 334 g/mol. The van der Waals surface area contributed by atoms with Crippen molar-refractivity contribution in [3.8, 4) is 5.75 Å². The van der Waals surface area contributed by atoms with Crippen molar-refractivity contribution < 1.29 is 23.4 Å². The first-order chi connectivity index (χ1) is 9.47. The van der Waals surface area contributed by atoms with Gasteiger partial charge in [-0.1, -0.05) is 0 Å². The number of carboxylic acids is 1. The Bertz CT molecular complexity index is 659. The van der Waals surface area contributed by atoms with Crippen LogP contribution in [0.1, 0.15) is 15.9 Å². The van der Waals surface area contributed by atoms with E-state index in [-0.39, 0.29) is 17.7 Å². The molecule has 2 aromatic rings. The third-order valence-electron chi connectivity index (χ3n) is 2.57. The van der Waals surface area contributed by atoms with Gasteiger partial charge in [0.2, 0.25) is 0 Å². The van der Waals surface area contributed by atoms with Gasteiger partial charge in [0.05, 0.1) is 10.0 Å². The van der Waals surface area contributed by atoms with Gasteiger partial charge < -0.3 is 9.84 Å². The smallest absolute Gasteiger partial charge is 0.335 e. The summed E-state index contributed by atoms with van der Waals surface area (Å²) in [6.45, 7) is -0.156. The highest BCUT2D eigenvalue weighted by Crippen LogP contribution is 2.26. The summed E-state index contributed by atoms with van der Waals surface area (Å²) < 4.78 is 32.2. The maximum atomic E-state index is 13.6. The summed E-state index contributed by atoms with van der Waals surface area (Å²) in [5.41, 5.74) is 0.0873. The van der Waals surface area contributed by atoms with Gasteiger partial charge in [0.25, 0.3) is 0 Å². The third kappa shape index (κ3) is 3.33. The molecule has 20 heavy (non-hydrogen) atoms.